The molecule has 1 spiro atoms. The van der Waals surface area contributed by atoms with Crippen LogP contribution in [0.15, 0.2) is 42.7 Å². The Kier molecular flexibility index (Phi) is 5.44. The second-order valence-corrected chi connectivity index (χ2v) is 8.63. The fraction of sp³-hybridized carbons (Fsp3) is 0.522. The first-order valence-corrected chi connectivity index (χ1v) is 10.4. The number of carbonyl (C=O) groups is 1. The Balaban J connectivity index is 1.41. The van der Waals surface area contributed by atoms with Crippen molar-refractivity contribution in [3.05, 3.63) is 59.7 Å². The molecule has 148 valence electrons. The summed E-state index contributed by atoms with van der Waals surface area (Å²) in [6, 6.07) is 10.6. The summed E-state index contributed by atoms with van der Waals surface area (Å²) in [5.41, 5.74) is 2.35. The van der Waals surface area contributed by atoms with E-state index in [1.165, 1.54) is 11.1 Å². The number of amides is 1. The molecule has 0 N–H and O–H groups in total. The quantitative estimate of drug-likeness (QED) is 0.797. The zero-order valence-electron chi connectivity index (χ0n) is 17.0. The van der Waals surface area contributed by atoms with Gasteiger partial charge in [0, 0.05) is 32.0 Å². The highest BCUT2D eigenvalue weighted by atomic mass is 16.2. The highest BCUT2D eigenvalue weighted by molar-refractivity contribution is 5.84. The van der Waals surface area contributed by atoms with E-state index in [0.29, 0.717) is 11.8 Å². The van der Waals surface area contributed by atoms with Gasteiger partial charge in [0.05, 0.1) is 12.0 Å². The number of piperidine rings is 1. The van der Waals surface area contributed by atoms with E-state index < -0.39 is 0 Å². The Hall–Kier alpha value is -2.27. The molecule has 1 atom stereocenters. The Morgan fingerprint density at radius 3 is 2.50 bits per heavy atom. The maximum atomic E-state index is 13.4. The van der Waals surface area contributed by atoms with Crippen molar-refractivity contribution in [2.75, 3.05) is 19.6 Å². The Morgan fingerprint density at radius 1 is 1.04 bits per heavy atom. The molecule has 3 heterocycles. The van der Waals surface area contributed by atoms with Gasteiger partial charge < -0.3 is 4.90 Å². The third-order valence-electron chi connectivity index (χ3n) is 6.26. The number of hydrogen-bond donors (Lipinski definition) is 0. The van der Waals surface area contributed by atoms with Crippen LogP contribution < -0.4 is 0 Å². The molecule has 4 rings (SSSR count). The monoisotopic (exact) mass is 378 g/mol. The molecule has 28 heavy (non-hydrogen) atoms. The third-order valence-corrected chi connectivity index (χ3v) is 6.26. The summed E-state index contributed by atoms with van der Waals surface area (Å²) in [6.07, 6.45) is 6.60. The summed E-state index contributed by atoms with van der Waals surface area (Å²) in [4.78, 5) is 26.5. The van der Waals surface area contributed by atoms with Crippen molar-refractivity contribution in [1.29, 1.82) is 0 Å². The molecule has 2 aliphatic rings. The normalized spacial score (nSPS) is 23.1. The number of aromatic nitrogens is 2. The molecule has 1 amide bonds. The van der Waals surface area contributed by atoms with Crippen molar-refractivity contribution in [3.8, 4) is 0 Å². The topological polar surface area (TPSA) is 49.3 Å². The first kappa shape index (κ1) is 19.1. The van der Waals surface area contributed by atoms with E-state index in [9.17, 15) is 4.79 Å². The average molecular weight is 379 g/mol. The average Bonchev–Trinajstić information content (AvgIpc) is 3.10. The summed E-state index contributed by atoms with van der Waals surface area (Å²) in [7, 11) is 0. The summed E-state index contributed by atoms with van der Waals surface area (Å²) >= 11 is 0. The highest BCUT2D eigenvalue weighted by Gasteiger charge is 2.48. The molecule has 0 aliphatic carbocycles. The molecule has 2 fully saturated rings. The first-order valence-electron chi connectivity index (χ1n) is 10.4. The molecule has 2 aliphatic heterocycles. The molecule has 2 aromatic rings. The van der Waals surface area contributed by atoms with Crippen LogP contribution >= 0.6 is 0 Å². The van der Waals surface area contributed by atoms with Gasteiger partial charge >= 0.3 is 0 Å². The minimum Gasteiger partial charge on any atom is -0.338 e. The van der Waals surface area contributed by atoms with Gasteiger partial charge in [-0.15, -0.1) is 0 Å². The van der Waals surface area contributed by atoms with Gasteiger partial charge in [0.1, 0.15) is 5.82 Å². The zero-order chi connectivity index (χ0) is 19.6. The smallest absolute Gasteiger partial charge is 0.230 e. The number of nitrogens with zero attached hydrogens (tertiary/aromatic N) is 4. The number of benzene rings is 1. The van der Waals surface area contributed by atoms with Gasteiger partial charge in [-0.25, -0.2) is 9.97 Å². The summed E-state index contributed by atoms with van der Waals surface area (Å²) in [5, 5.41) is 0. The van der Waals surface area contributed by atoms with E-state index in [1.807, 2.05) is 6.07 Å². The fourth-order valence-electron chi connectivity index (χ4n) is 4.61. The molecule has 5 nitrogen and oxygen atoms in total. The molecule has 5 heteroatoms. The molecule has 2 saturated heterocycles. The second kappa shape index (κ2) is 8.00. The van der Waals surface area contributed by atoms with Gasteiger partial charge in [-0.05, 0) is 48.9 Å². The van der Waals surface area contributed by atoms with Gasteiger partial charge in [-0.1, -0.05) is 38.1 Å². The van der Waals surface area contributed by atoms with Gasteiger partial charge in [0.25, 0.3) is 0 Å². The Bertz CT molecular complexity index is 805. The summed E-state index contributed by atoms with van der Waals surface area (Å²) < 4.78 is 0. The van der Waals surface area contributed by atoms with Crippen LogP contribution in [0.3, 0.4) is 0 Å². The van der Waals surface area contributed by atoms with Crippen LogP contribution in [0, 0.1) is 5.41 Å². The van der Waals surface area contributed by atoms with Crippen LogP contribution in [0.1, 0.15) is 56.0 Å². The van der Waals surface area contributed by atoms with Crippen LogP contribution in [0.4, 0.5) is 0 Å². The van der Waals surface area contributed by atoms with Crippen molar-refractivity contribution in [2.45, 2.75) is 52.1 Å². The van der Waals surface area contributed by atoms with Crippen molar-refractivity contribution in [2.24, 2.45) is 5.41 Å². The second-order valence-electron chi connectivity index (χ2n) is 8.63. The lowest BCUT2D eigenvalue weighted by molar-refractivity contribution is -0.146. The Morgan fingerprint density at radius 2 is 1.79 bits per heavy atom. The lowest BCUT2D eigenvalue weighted by atomic mass is 9.78. The van der Waals surface area contributed by atoms with Crippen LogP contribution in [-0.2, 0) is 17.9 Å². The maximum absolute atomic E-state index is 13.4. The van der Waals surface area contributed by atoms with Crippen molar-refractivity contribution in [3.63, 3.8) is 0 Å². The SMILES string of the molecule is CC(C)c1ccc(CN2CCCC3(CCN(Cc4ncccn4)C3)C2=O)cc1. The standard InChI is InChI=1S/C23H30N4O/c1-18(2)20-7-5-19(6-8-20)15-27-13-3-9-23(22(27)28)10-14-26(17-23)16-21-24-11-4-12-25-21/h4-8,11-12,18H,3,9-10,13-17H2,1-2H3. The number of hydrogen-bond acceptors (Lipinski definition) is 4. The highest BCUT2D eigenvalue weighted by Crippen LogP contribution is 2.40. The lowest BCUT2D eigenvalue weighted by Gasteiger charge is -2.39. The maximum Gasteiger partial charge on any atom is 0.230 e. The van der Waals surface area contributed by atoms with Gasteiger partial charge in [-0.2, -0.15) is 0 Å². The molecule has 1 unspecified atom stereocenters. The predicted molar refractivity (Wildman–Crippen MR) is 110 cm³/mol. The van der Waals surface area contributed by atoms with Crippen molar-refractivity contribution in [1.82, 2.24) is 19.8 Å². The summed E-state index contributed by atoms with van der Waals surface area (Å²) in [5.74, 6) is 1.71. The third kappa shape index (κ3) is 3.95. The molecular formula is C23H30N4O. The molecule has 1 aromatic heterocycles. The van der Waals surface area contributed by atoms with Gasteiger partial charge in [-0.3, -0.25) is 9.69 Å². The number of carbonyl (C=O) groups excluding carboxylic acids is 1. The lowest BCUT2D eigenvalue weighted by Crippen LogP contribution is -2.49. The summed E-state index contributed by atoms with van der Waals surface area (Å²) in [6.45, 7) is 8.51. The predicted octanol–water partition coefficient (Wildman–Crippen LogP) is 3.61. The minimum absolute atomic E-state index is 0.217. The van der Waals surface area contributed by atoms with Crippen molar-refractivity contribution >= 4 is 5.91 Å². The van der Waals surface area contributed by atoms with E-state index in [2.05, 4.69) is 57.9 Å². The van der Waals surface area contributed by atoms with Crippen molar-refractivity contribution < 1.29 is 4.79 Å². The van der Waals surface area contributed by atoms with Crippen LogP contribution in [0.5, 0.6) is 0 Å². The van der Waals surface area contributed by atoms with E-state index in [-0.39, 0.29) is 5.41 Å². The first-order chi connectivity index (χ1) is 13.6. The number of rotatable bonds is 5. The largest absolute Gasteiger partial charge is 0.338 e. The molecule has 0 bridgehead atoms. The van der Waals surface area contributed by atoms with Gasteiger partial charge in [0.2, 0.25) is 5.91 Å². The zero-order valence-corrected chi connectivity index (χ0v) is 17.0. The van der Waals surface area contributed by atoms with E-state index in [0.717, 1.165) is 57.8 Å². The molecule has 0 radical (unpaired) electrons. The number of likely N-dealkylation sites (tertiary alicyclic amines) is 2. The molecule has 1 aromatic carbocycles. The van der Waals surface area contributed by atoms with E-state index in [1.54, 1.807) is 12.4 Å². The molecule has 0 saturated carbocycles. The molecular weight excluding hydrogens is 348 g/mol. The fourth-order valence-corrected chi connectivity index (χ4v) is 4.61. The van der Waals surface area contributed by atoms with Crippen LogP contribution in [-0.4, -0.2) is 45.3 Å². The van der Waals surface area contributed by atoms with Crippen LogP contribution in [0.2, 0.25) is 0 Å². The van der Waals surface area contributed by atoms with Crippen LogP contribution in [0.25, 0.3) is 0 Å². The van der Waals surface area contributed by atoms with E-state index in [4.69, 9.17) is 0 Å². The Labute approximate surface area is 167 Å². The van der Waals surface area contributed by atoms with Gasteiger partial charge in [0.15, 0.2) is 0 Å². The van der Waals surface area contributed by atoms with E-state index >= 15 is 0 Å². The minimum atomic E-state index is -0.217.